The fourth-order valence-electron chi connectivity index (χ4n) is 4.91. The van der Waals surface area contributed by atoms with Gasteiger partial charge in [0.15, 0.2) is 0 Å². The van der Waals surface area contributed by atoms with Crippen molar-refractivity contribution in [3.8, 4) is 16.9 Å². The molecule has 2 aliphatic heterocycles. The smallest absolute Gasteiger partial charge is 0.254 e. The van der Waals surface area contributed by atoms with Crippen LogP contribution in [0.25, 0.3) is 11.1 Å². The summed E-state index contributed by atoms with van der Waals surface area (Å²) < 4.78 is 19.2. The fourth-order valence-corrected chi connectivity index (χ4v) is 4.91. The number of carbonyl (C=O) groups excluding carboxylic acids is 1. The summed E-state index contributed by atoms with van der Waals surface area (Å²) in [5.74, 6) is 1.36. The maximum absolute atomic E-state index is 13.2. The summed E-state index contributed by atoms with van der Waals surface area (Å²) in [5, 5.41) is 9.48. The molecule has 0 bridgehead atoms. The van der Waals surface area contributed by atoms with Crippen molar-refractivity contribution in [1.29, 1.82) is 0 Å². The Morgan fingerprint density at radius 1 is 1.03 bits per heavy atom. The quantitative estimate of drug-likeness (QED) is 0.642. The molecule has 1 N–H and O–H groups in total. The molecule has 2 aromatic carbocycles. The molecule has 1 unspecified atom stereocenters. The first-order valence-electron chi connectivity index (χ1n) is 12.1. The molecule has 178 valence electrons. The summed E-state index contributed by atoms with van der Waals surface area (Å²) in [6, 6.07) is 15.7. The molecule has 2 heterocycles. The molecule has 2 fully saturated rings. The Kier molecular flexibility index (Phi) is 7.99. The van der Waals surface area contributed by atoms with Crippen LogP contribution < -0.4 is 4.74 Å². The zero-order chi connectivity index (χ0) is 23.2. The van der Waals surface area contributed by atoms with E-state index in [0.29, 0.717) is 31.2 Å². The lowest BCUT2D eigenvalue weighted by Gasteiger charge is -2.32. The van der Waals surface area contributed by atoms with E-state index in [-0.39, 0.29) is 18.6 Å². The molecule has 6 heteroatoms. The van der Waals surface area contributed by atoms with Gasteiger partial charge in [-0.05, 0) is 87.0 Å². The average Bonchev–Trinajstić information content (AvgIpc) is 3.32. The monoisotopic (exact) mass is 454 g/mol. The Labute approximate surface area is 196 Å². The number of likely N-dealkylation sites (tertiary alicyclic amines) is 2. The molecule has 2 atom stereocenters. The number of benzene rings is 2. The van der Waals surface area contributed by atoms with Crippen molar-refractivity contribution < 1.29 is 19.0 Å². The molecule has 0 radical (unpaired) electrons. The lowest BCUT2D eigenvalue weighted by Crippen LogP contribution is -2.38. The van der Waals surface area contributed by atoms with Crippen LogP contribution in [0.5, 0.6) is 5.75 Å². The first kappa shape index (κ1) is 23.7. The molecule has 2 saturated heterocycles. The minimum atomic E-state index is -0.767. The molecular formula is C27H35FN2O3. The molecule has 0 aromatic heterocycles. The van der Waals surface area contributed by atoms with E-state index >= 15 is 0 Å². The average molecular weight is 455 g/mol. The fraction of sp³-hybridized carbons (Fsp3) is 0.519. The second-order valence-electron chi connectivity index (χ2n) is 9.41. The largest absolute Gasteiger partial charge is 0.493 e. The van der Waals surface area contributed by atoms with Crippen LogP contribution in [0, 0.1) is 5.92 Å². The summed E-state index contributed by atoms with van der Waals surface area (Å²) in [4.78, 5) is 16.7. The lowest BCUT2D eigenvalue weighted by molar-refractivity contribution is 0.0677. The van der Waals surface area contributed by atoms with E-state index in [1.807, 2.05) is 48.5 Å². The molecule has 0 saturated carbocycles. The summed E-state index contributed by atoms with van der Waals surface area (Å²) in [6.07, 6.45) is 3.14. The second-order valence-corrected chi connectivity index (χ2v) is 9.41. The number of carbonyl (C=O) groups is 1. The topological polar surface area (TPSA) is 53.0 Å². The highest BCUT2D eigenvalue weighted by molar-refractivity contribution is 5.95. The molecule has 33 heavy (non-hydrogen) atoms. The van der Waals surface area contributed by atoms with E-state index in [1.165, 1.54) is 0 Å². The number of hydrogen-bond donors (Lipinski definition) is 1. The number of rotatable bonds is 8. The number of amides is 1. The Morgan fingerprint density at radius 3 is 2.27 bits per heavy atom. The van der Waals surface area contributed by atoms with Gasteiger partial charge < -0.3 is 19.6 Å². The van der Waals surface area contributed by atoms with E-state index in [2.05, 4.69) is 4.90 Å². The molecule has 2 aliphatic rings. The van der Waals surface area contributed by atoms with Gasteiger partial charge in [-0.15, -0.1) is 0 Å². The van der Waals surface area contributed by atoms with Gasteiger partial charge in [0.1, 0.15) is 11.9 Å². The maximum atomic E-state index is 13.2. The predicted molar refractivity (Wildman–Crippen MR) is 128 cm³/mol. The lowest BCUT2D eigenvalue weighted by atomic mass is 9.97. The molecule has 5 nitrogen and oxygen atoms in total. The number of piperidine rings is 1. The van der Waals surface area contributed by atoms with Crippen LogP contribution in [0.15, 0.2) is 48.5 Å². The molecular weight excluding hydrogens is 419 g/mol. The van der Waals surface area contributed by atoms with Crippen molar-refractivity contribution in [2.24, 2.45) is 5.92 Å². The Balaban J connectivity index is 1.28. The number of ether oxygens (including phenoxy) is 1. The van der Waals surface area contributed by atoms with Crippen molar-refractivity contribution in [2.45, 2.75) is 44.8 Å². The highest BCUT2D eigenvalue weighted by atomic mass is 19.1. The van der Waals surface area contributed by atoms with Crippen molar-refractivity contribution in [3.05, 3.63) is 54.1 Å². The van der Waals surface area contributed by atoms with Gasteiger partial charge in [-0.1, -0.05) is 24.3 Å². The first-order valence-corrected chi connectivity index (χ1v) is 12.1. The third-order valence-electron chi connectivity index (χ3n) is 6.87. The Bertz CT molecular complexity index is 893. The van der Waals surface area contributed by atoms with E-state index < -0.39 is 6.17 Å². The van der Waals surface area contributed by atoms with Crippen LogP contribution in [-0.2, 0) is 0 Å². The van der Waals surface area contributed by atoms with Crippen molar-refractivity contribution in [1.82, 2.24) is 9.80 Å². The number of halogens is 1. The van der Waals surface area contributed by atoms with Gasteiger partial charge in [0, 0.05) is 18.7 Å². The minimum Gasteiger partial charge on any atom is -0.493 e. The van der Waals surface area contributed by atoms with Gasteiger partial charge >= 0.3 is 0 Å². The zero-order valence-corrected chi connectivity index (χ0v) is 19.5. The number of aliphatic hydroxyl groups is 1. The van der Waals surface area contributed by atoms with Gasteiger partial charge in [0.05, 0.1) is 19.3 Å². The Morgan fingerprint density at radius 2 is 1.67 bits per heavy atom. The maximum Gasteiger partial charge on any atom is 0.254 e. The zero-order valence-electron chi connectivity index (χ0n) is 19.5. The predicted octanol–water partition coefficient (Wildman–Crippen LogP) is 4.40. The van der Waals surface area contributed by atoms with Crippen LogP contribution >= 0.6 is 0 Å². The first-order chi connectivity index (χ1) is 16.0. The molecule has 0 spiro atoms. The van der Waals surface area contributed by atoms with Gasteiger partial charge in [0.2, 0.25) is 0 Å². The number of hydrogen-bond acceptors (Lipinski definition) is 4. The van der Waals surface area contributed by atoms with E-state index in [1.54, 1.807) is 11.8 Å². The van der Waals surface area contributed by atoms with Crippen LogP contribution in [0.3, 0.4) is 0 Å². The highest BCUT2D eigenvalue weighted by Gasteiger charge is 2.28. The normalized spacial score (nSPS) is 20.7. The van der Waals surface area contributed by atoms with Gasteiger partial charge in [-0.2, -0.15) is 0 Å². The third kappa shape index (κ3) is 6.12. The molecule has 4 rings (SSSR count). The van der Waals surface area contributed by atoms with Crippen molar-refractivity contribution in [3.63, 3.8) is 0 Å². The van der Waals surface area contributed by atoms with Crippen LogP contribution in [0.4, 0.5) is 4.39 Å². The van der Waals surface area contributed by atoms with E-state index in [0.717, 1.165) is 55.6 Å². The summed E-state index contributed by atoms with van der Waals surface area (Å²) in [7, 11) is 0. The number of alkyl halides is 1. The molecule has 2 aromatic rings. The SMILES string of the molecule is CC(F)CN1CCC(COc2ccc(-c3ccc(C(=O)N4CCC[C@@H]4CO)cc3)cc2)CC1. The molecule has 0 aliphatic carbocycles. The standard InChI is InChI=1S/C27H35FN2O3/c1-20(28)17-29-15-12-21(13-16-29)19-33-26-10-8-23(9-11-26)22-4-6-24(7-5-22)27(32)30-14-2-3-25(30)18-31/h4-11,20-21,25,31H,2-3,12-19H2,1H3/t20?,25-/m1/s1. The summed E-state index contributed by atoms with van der Waals surface area (Å²) >= 11 is 0. The minimum absolute atomic E-state index is 0.00751. The van der Waals surface area contributed by atoms with Crippen LogP contribution in [0.1, 0.15) is 43.0 Å². The van der Waals surface area contributed by atoms with Crippen LogP contribution in [0.2, 0.25) is 0 Å². The van der Waals surface area contributed by atoms with Gasteiger partial charge in [-0.25, -0.2) is 4.39 Å². The Hall–Kier alpha value is -2.44. The van der Waals surface area contributed by atoms with Gasteiger partial charge in [-0.3, -0.25) is 4.79 Å². The van der Waals surface area contributed by atoms with Gasteiger partial charge in [0.25, 0.3) is 5.91 Å². The second kappa shape index (κ2) is 11.1. The summed E-state index contributed by atoms with van der Waals surface area (Å²) in [6.45, 7) is 5.47. The number of nitrogens with zero attached hydrogens (tertiary/aromatic N) is 2. The van der Waals surface area contributed by atoms with Crippen LogP contribution in [-0.4, -0.2) is 72.4 Å². The molecule has 1 amide bonds. The number of aliphatic hydroxyl groups excluding tert-OH is 1. The van der Waals surface area contributed by atoms with E-state index in [4.69, 9.17) is 4.74 Å². The van der Waals surface area contributed by atoms with Crippen molar-refractivity contribution in [2.75, 3.05) is 39.4 Å². The highest BCUT2D eigenvalue weighted by Crippen LogP contribution is 2.26. The third-order valence-corrected chi connectivity index (χ3v) is 6.87. The summed E-state index contributed by atoms with van der Waals surface area (Å²) in [5.41, 5.74) is 2.78. The van der Waals surface area contributed by atoms with E-state index in [9.17, 15) is 14.3 Å². The van der Waals surface area contributed by atoms with Crippen molar-refractivity contribution >= 4 is 5.91 Å².